The second-order valence-corrected chi connectivity index (χ2v) is 9.46. The topological polar surface area (TPSA) is 70.7 Å². The van der Waals surface area contributed by atoms with Crippen LogP contribution in [0.4, 0.5) is 5.69 Å². The molecule has 4 rings (SSSR count). The van der Waals surface area contributed by atoms with E-state index < -0.39 is 6.04 Å². The monoisotopic (exact) mass is 523 g/mol. The summed E-state index contributed by atoms with van der Waals surface area (Å²) in [5.74, 6) is 0.447. The summed E-state index contributed by atoms with van der Waals surface area (Å²) in [6.07, 6.45) is 1.26. The molecule has 0 aliphatic carbocycles. The van der Waals surface area contributed by atoms with Crippen molar-refractivity contribution in [1.29, 1.82) is 0 Å². The Hall–Kier alpha value is -2.90. The molecule has 2 N–H and O–H groups in total. The van der Waals surface area contributed by atoms with Crippen molar-refractivity contribution in [2.75, 3.05) is 18.6 Å². The highest BCUT2D eigenvalue weighted by Gasteiger charge is 2.33. The third-order valence-electron chi connectivity index (χ3n) is 6.36. The summed E-state index contributed by atoms with van der Waals surface area (Å²) in [7, 11) is 1.65. The molecule has 0 aromatic heterocycles. The van der Waals surface area contributed by atoms with Crippen molar-refractivity contribution in [3.8, 4) is 5.75 Å². The molecule has 0 fully saturated rings. The van der Waals surface area contributed by atoms with E-state index in [1.165, 1.54) is 0 Å². The van der Waals surface area contributed by atoms with Crippen molar-refractivity contribution in [1.82, 2.24) is 10.6 Å². The third kappa shape index (κ3) is 4.95. The van der Waals surface area contributed by atoms with Gasteiger partial charge in [0.1, 0.15) is 11.8 Å². The number of methoxy groups -OCH3 is 1. The van der Waals surface area contributed by atoms with E-state index in [0.717, 1.165) is 37.8 Å². The highest BCUT2D eigenvalue weighted by molar-refractivity contribution is 9.10. The zero-order valence-electron chi connectivity index (χ0n) is 19.7. The maximum Gasteiger partial charge on any atom is 0.249 e. The van der Waals surface area contributed by atoms with Gasteiger partial charge in [-0.25, -0.2) is 0 Å². The lowest BCUT2D eigenvalue weighted by molar-refractivity contribution is -0.128. The van der Waals surface area contributed by atoms with Gasteiger partial charge in [0.2, 0.25) is 11.8 Å². The number of nitrogens with zero attached hydrogens (tertiary/aromatic N) is 1. The molecule has 0 saturated carbocycles. The van der Waals surface area contributed by atoms with Crippen LogP contribution in [0, 0.1) is 0 Å². The number of ether oxygens (including phenoxy) is 1. The summed E-state index contributed by atoms with van der Waals surface area (Å²) in [6, 6.07) is 17.1. The zero-order chi connectivity index (χ0) is 24.2. The van der Waals surface area contributed by atoms with Crippen molar-refractivity contribution >= 4 is 44.2 Å². The van der Waals surface area contributed by atoms with Crippen molar-refractivity contribution < 1.29 is 14.3 Å². The number of hydrogen-bond acceptors (Lipinski definition) is 4. The number of likely N-dealkylation sites (N-methyl/N-ethyl adjacent to an activating group) is 1. The molecule has 2 atom stereocenters. The van der Waals surface area contributed by atoms with Crippen molar-refractivity contribution in [2.45, 2.75) is 45.3 Å². The van der Waals surface area contributed by atoms with E-state index in [9.17, 15) is 9.59 Å². The van der Waals surface area contributed by atoms with E-state index in [0.29, 0.717) is 25.9 Å². The first-order valence-electron chi connectivity index (χ1n) is 11.6. The predicted molar refractivity (Wildman–Crippen MR) is 139 cm³/mol. The van der Waals surface area contributed by atoms with Crippen LogP contribution in [-0.4, -0.2) is 37.6 Å². The number of amides is 2. The Bertz CT molecular complexity index is 1210. The SMILES string of the molecule is CCN[C@@H](C)C(=O)N[C@H]1CCc2ccccc2N(Cc2c(OC)ccc3cc(Br)ccc23)C1=O. The normalized spacial score (nSPS) is 16.6. The van der Waals surface area contributed by atoms with E-state index in [4.69, 9.17) is 4.74 Å². The Kier molecular flexibility index (Phi) is 7.54. The van der Waals surface area contributed by atoms with Crippen LogP contribution in [0.5, 0.6) is 5.75 Å². The van der Waals surface area contributed by atoms with E-state index >= 15 is 0 Å². The number of carbonyl (C=O) groups is 2. The number of benzene rings is 3. The minimum absolute atomic E-state index is 0.113. The molecule has 1 heterocycles. The van der Waals surface area contributed by atoms with E-state index in [2.05, 4.69) is 38.7 Å². The van der Waals surface area contributed by atoms with Gasteiger partial charge in [-0.1, -0.05) is 53.2 Å². The first-order chi connectivity index (χ1) is 16.4. The van der Waals surface area contributed by atoms with Gasteiger partial charge in [0.05, 0.1) is 19.7 Å². The van der Waals surface area contributed by atoms with E-state index in [1.807, 2.05) is 56.3 Å². The third-order valence-corrected chi connectivity index (χ3v) is 6.85. The largest absolute Gasteiger partial charge is 0.496 e. The molecule has 1 aliphatic rings. The fraction of sp³-hybridized carbons (Fsp3) is 0.333. The number of rotatable bonds is 7. The maximum atomic E-state index is 13.9. The van der Waals surface area contributed by atoms with Gasteiger partial charge >= 0.3 is 0 Å². The van der Waals surface area contributed by atoms with Crippen LogP contribution in [0.2, 0.25) is 0 Å². The lowest BCUT2D eigenvalue weighted by atomic mass is 10.0. The van der Waals surface area contributed by atoms with Gasteiger partial charge in [-0.2, -0.15) is 0 Å². The first kappa shape index (κ1) is 24.2. The van der Waals surface area contributed by atoms with Crippen molar-refractivity contribution in [3.05, 3.63) is 70.2 Å². The molecule has 178 valence electrons. The van der Waals surface area contributed by atoms with Gasteiger partial charge in [-0.3, -0.25) is 9.59 Å². The molecule has 3 aromatic rings. The number of nitrogens with one attached hydrogen (secondary N) is 2. The number of hydrogen-bond donors (Lipinski definition) is 2. The van der Waals surface area contributed by atoms with Gasteiger partial charge in [-0.15, -0.1) is 0 Å². The number of halogens is 1. The van der Waals surface area contributed by atoms with Gasteiger partial charge in [0.25, 0.3) is 0 Å². The molecule has 0 bridgehead atoms. The minimum atomic E-state index is -0.601. The molecule has 3 aromatic carbocycles. The summed E-state index contributed by atoms with van der Waals surface area (Å²) in [5.41, 5.74) is 2.90. The zero-order valence-corrected chi connectivity index (χ0v) is 21.3. The van der Waals surface area contributed by atoms with Gasteiger partial charge in [-0.05, 0) is 66.9 Å². The smallest absolute Gasteiger partial charge is 0.249 e. The Morgan fingerprint density at radius 3 is 2.76 bits per heavy atom. The minimum Gasteiger partial charge on any atom is -0.496 e. The van der Waals surface area contributed by atoms with Crippen LogP contribution in [0.3, 0.4) is 0 Å². The van der Waals surface area contributed by atoms with Gasteiger partial charge < -0.3 is 20.3 Å². The van der Waals surface area contributed by atoms with Crippen molar-refractivity contribution in [3.63, 3.8) is 0 Å². The molecular weight excluding hydrogens is 494 g/mol. The molecule has 34 heavy (non-hydrogen) atoms. The summed E-state index contributed by atoms with van der Waals surface area (Å²) >= 11 is 3.54. The molecule has 0 unspecified atom stereocenters. The van der Waals surface area contributed by atoms with Gasteiger partial charge in [0.15, 0.2) is 0 Å². The van der Waals surface area contributed by atoms with Crippen LogP contribution in [0.25, 0.3) is 10.8 Å². The molecule has 6 nitrogen and oxygen atoms in total. The molecular formula is C27H30BrN3O3. The fourth-order valence-electron chi connectivity index (χ4n) is 4.57. The van der Waals surface area contributed by atoms with Crippen molar-refractivity contribution in [2.24, 2.45) is 0 Å². The Morgan fingerprint density at radius 2 is 2.00 bits per heavy atom. The fourth-order valence-corrected chi connectivity index (χ4v) is 4.94. The molecule has 7 heteroatoms. The number of anilines is 1. The number of para-hydroxylation sites is 1. The Labute approximate surface area is 208 Å². The molecule has 1 aliphatic heterocycles. The summed E-state index contributed by atoms with van der Waals surface area (Å²) in [6.45, 7) is 4.79. The highest BCUT2D eigenvalue weighted by Crippen LogP contribution is 2.35. The lowest BCUT2D eigenvalue weighted by Crippen LogP contribution is -2.52. The standard InChI is InChI=1S/C27H30BrN3O3/c1-4-29-17(2)26(32)30-23-13-9-18-7-5-6-8-24(18)31(27(23)33)16-22-21-12-11-20(28)15-19(21)10-14-25(22)34-3/h5-8,10-12,14-15,17,23,29H,4,9,13,16H2,1-3H3,(H,30,32)/t17-,23-/m0/s1. The average Bonchev–Trinajstić information content (AvgIpc) is 2.96. The molecule has 2 amide bonds. The quantitative estimate of drug-likeness (QED) is 0.475. The second-order valence-electron chi connectivity index (χ2n) is 8.54. The summed E-state index contributed by atoms with van der Waals surface area (Å²) < 4.78 is 6.69. The second kappa shape index (κ2) is 10.6. The van der Waals surface area contributed by atoms with E-state index in [1.54, 1.807) is 12.0 Å². The van der Waals surface area contributed by atoms with Crippen LogP contribution < -0.4 is 20.3 Å². The number of fused-ring (bicyclic) bond motifs is 2. The number of carbonyl (C=O) groups excluding carboxylic acids is 2. The van der Waals surface area contributed by atoms with Crippen LogP contribution in [0.1, 0.15) is 31.4 Å². The van der Waals surface area contributed by atoms with Crippen LogP contribution in [-0.2, 0) is 22.6 Å². The Morgan fingerprint density at radius 1 is 1.21 bits per heavy atom. The molecule has 0 spiro atoms. The van der Waals surface area contributed by atoms with Crippen LogP contribution >= 0.6 is 15.9 Å². The summed E-state index contributed by atoms with van der Waals surface area (Å²) in [4.78, 5) is 28.4. The summed E-state index contributed by atoms with van der Waals surface area (Å²) in [5, 5.41) is 8.19. The van der Waals surface area contributed by atoms with Gasteiger partial charge in [0, 0.05) is 15.7 Å². The molecule has 0 radical (unpaired) electrons. The first-order valence-corrected chi connectivity index (χ1v) is 12.4. The molecule has 0 saturated heterocycles. The Balaban J connectivity index is 1.74. The lowest BCUT2D eigenvalue weighted by Gasteiger charge is -2.28. The average molecular weight is 524 g/mol. The van der Waals surface area contributed by atoms with Crippen LogP contribution in [0.15, 0.2) is 59.1 Å². The predicted octanol–water partition coefficient (Wildman–Crippen LogP) is 4.57. The maximum absolute atomic E-state index is 13.9. The van der Waals surface area contributed by atoms with E-state index in [-0.39, 0.29) is 17.9 Å². The highest BCUT2D eigenvalue weighted by atomic mass is 79.9. The number of aryl methyl sites for hydroxylation is 1.